The fourth-order valence-corrected chi connectivity index (χ4v) is 3.74. The molecule has 0 fully saturated rings. The lowest BCUT2D eigenvalue weighted by Crippen LogP contribution is -2.49. The van der Waals surface area contributed by atoms with Crippen molar-refractivity contribution in [2.24, 2.45) is 0 Å². The third-order valence-corrected chi connectivity index (χ3v) is 5.20. The zero-order valence-corrected chi connectivity index (χ0v) is 18.1. The Morgan fingerprint density at radius 2 is 1.90 bits per heavy atom. The average Bonchev–Trinajstić information content (AvgIpc) is 2.72. The number of nitrogens with one attached hydrogen (secondary N) is 1. The zero-order chi connectivity index (χ0) is 21.7. The van der Waals surface area contributed by atoms with Crippen LogP contribution in [0.3, 0.4) is 0 Å². The Morgan fingerprint density at radius 3 is 2.57 bits per heavy atom. The van der Waals surface area contributed by atoms with Crippen molar-refractivity contribution in [3.63, 3.8) is 0 Å². The molecule has 0 radical (unpaired) electrons. The van der Waals surface area contributed by atoms with Crippen LogP contribution in [0.4, 0.5) is 4.79 Å². The fourth-order valence-electron chi connectivity index (χ4n) is 3.54. The number of hydrogen-bond acceptors (Lipinski definition) is 4. The third-order valence-electron chi connectivity index (χ3n) is 4.97. The number of hydrogen-bond donors (Lipinski definition) is 1. The van der Waals surface area contributed by atoms with Gasteiger partial charge in [0.1, 0.15) is 0 Å². The van der Waals surface area contributed by atoms with Crippen molar-refractivity contribution in [1.82, 2.24) is 15.1 Å². The zero-order valence-electron chi connectivity index (χ0n) is 17.4. The molecule has 1 atom stereocenters. The predicted molar refractivity (Wildman–Crippen MR) is 117 cm³/mol. The first-order valence-corrected chi connectivity index (χ1v) is 10.2. The lowest BCUT2D eigenvalue weighted by Gasteiger charge is -2.36. The van der Waals surface area contributed by atoms with E-state index in [0.717, 1.165) is 11.1 Å². The fraction of sp³-hybridized carbons (Fsp3) is 0.304. The van der Waals surface area contributed by atoms with E-state index in [1.165, 1.54) is 4.90 Å². The van der Waals surface area contributed by atoms with E-state index >= 15 is 0 Å². The Hall–Kier alpha value is -2.83. The summed E-state index contributed by atoms with van der Waals surface area (Å²) in [6.45, 7) is 3.09. The van der Waals surface area contributed by atoms with Crippen molar-refractivity contribution in [3.8, 4) is 0 Å². The Morgan fingerprint density at radius 1 is 1.17 bits per heavy atom. The Kier molecular flexibility index (Phi) is 7.13. The largest absolute Gasteiger partial charge is 0.463 e. The number of carbonyl (C=O) groups is 2. The van der Waals surface area contributed by atoms with Crippen LogP contribution in [0.25, 0.3) is 0 Å². The highest BCUT2D eigenvalue weighted by atomic mass is 35.5. The van der Waals surface area contributed by atoms with Gasteiger partial charge in [0.25, 0.3) is 0 Å². The van der Waals surface area contributed by atoms with E-state index in [9.17, 15) is 9.59 Å². The predicted octanol–water partition coefficient (Wildman–Crippen LogP) is 3.99. The maximum absolute atomic E-state index is 13.0. The summed E-state index contributed by atoms with van der Waals surface area (Å²) in [5, 5.41) is 3.44. The highest BCUT2D eigenvalue weighted by molar-refractivity contribution is 6.30. The van der Waals surface area contributed by atoms with Gasteiger partial charge in [-0.25, -0.2) is 9.59 Å². The molecule has 1 N–H and O–H groups in total. The number of esters is 1. The summed E-state index contributed by atoms with van der Waals surface area (Å²) >= 11 is 6.16. The van der Waals surface area contributed by atoms with Crippen LogP contribution >= 0.6 is 11.6 Å². The summed E-state index contributed by atoms with van der Waals surface area (Å²) in [6, 6.07) is 16.3. The number of carbonyl (C=O) groups excluding carboxylic acids is 2. The second-order valence-corrected chi connectivity index (χ2v) is 7.67. The molecule has 1 aliphatic rings. The summed E-state index contributed by atoms with van der Waals surface area (Å²) < 4.78 is 5.35. The minimum absolute atomic E-state index is 0.245. The molecule has 1 aliphatic heterocycles. The molecule has 0 aliphatic carbocycles. The topological polar surface area (TPSA) is 61.9 Å². The molecule has 1 heterocycles. The Bertz CT molecular complexity index is 946. The lowest BCUT2D eigenvalue weighted by atomic mass is 9.94. The first kappa shape index (κ1) is 21.9. The normalized spacial score (nSPS) is 16.6. The van der Waals surface area contributed by atoms with Crippen molar-refractivity contribution in [3.05, 3.63) is 82.0 Å². The van der Waals surface area contributed by atoms with Crippen molar-refractivity contribution < 1.29 is 14.3 Å². The molecule has 0 saturated heterocycles. The second kappa shape index (κ2) is 9.78. The van der Waals surface area contributed by atoms with Gasteiger partial charge in [0.2, 0.25) is 0 Å². The van der Waals surface area contributed by atoms with Gasteiger partial charge in [0.05, 0.1) is 18.2 Å². The van der Waals surface area contributed by atoms with Crippen LogP contribution in [-0.2, 0) is 16.1 Å². The molecular weight excluding hydrogens is 402 g/mol. The van der Waals surface area contributed by atoms with Crippen molar-refractivity contribution in [1.29, 1.82) is 0 Å². The van der Waals surface area contributed by atoms with Crippen LogP contribution in [-0.4, -0.2) is 49.0 Å². The molecule has 0 bridgehead atoms. The number of ether oxygens (including phenoxy) is 1. The maximum atomic E-state index is 13.0. The van der Waals surface area contributed by atoms with Crippen LogP contribution in [0.2, 0.25) is 5.02 Å². The third kappa shape index (κ3) is 5.01. The monoisotopic (exact) mass is 427 g/mol. The highest BCUT2D eigenvalue weighted by Crippen LogP contribution is 2.32. The van der Waals surface area contributed by atoms with Crippen LogP contribution in [0, 0.1) is 0 Å². The molecule has 2 amide bonds. The lowest BCUT2D eigenvalue weighted by molar-refractivity contribution is -0.139. The van der Waals surface area contributed by atoms with Gasteiger partial charge in [-0.15, -0.1) is 0 Å². The molecule has 30 heavy (non-hydrogen) atoms. The molecule has 3 rings (SSSR count). The molecule has 0 unspecified atom stereocenters. The first-order valence-electron chi connectivity index (χ1n) is 9.83. The van der Waals surface area contributed by atoms with E-state index < -0.39 is 12.0 Å². The SMILES string of the molecule is CCOC(=O)C1=C(CN(C)Cc2ccccc2)N(C)C(=O)N[C@@H]1c1cccc(Cl)c1. The van der Waals surface area contributed by atoms with E-state index in [1.807, 2.05) is 43.4 Å². The number of likely N-dealkylation sites (N-methyl/N-ethyl adjacent to an activating group) is 2. The minimum Gasteiger partial charge on any atom is -0.463 e. The van der Waals surface area contributed by atoms with E-state index in [-0.39, 0.29) is 12.6 Å². The molecule has 158 valence electrons. The molecule has 7 heteroatoms. The molecule has 0 spiro atoms. The van der Waals surface area contributed by atoms with Gasteiger partial charge < -0.3 is 10.1 Å². The number of amides is 2. The van der Waals surface area contributed by atoms with Gasteiger partial charge in [0, 0.05) is 30.9 Å². The summed E-state index contributed by atoms with van der Waals surface area (Å²) in [5.41, 5.74) is 2.91. The average molecular weight is 428 g/mol. The number of benzene rings is 2. The number of nitrogens with zero attached hydrogens (tertiary/aromatic N) is 2. The molecule has 2 aromatic carbocycles. The summed E-state index contributed by atoms with van der Waals surface area (Å²) in [6.07, 6.45) is 0. The van der Waals surface area contributed by atoms with Gasteiger partial charge in [-0.1, -0.05) is 54.1 Å². The summed E-state index contributed by atoms with van der Waals surface area (Å²) in [7, 11) is 3.62. The molecule has 0 saturated carbocycles. The van der Waals surface area contributed by atoms with Crippen LogP contribution < -0.4 is 5.32 Å². The van der Waals surface area contributed by atoms with Crippen molar-refractivity contribution >= 4 is 23.6 Å². The maximum Gasteiger partial charge on any atom is 0.338 e. The van der Waals surface area contributed by atoms with Crippen molar-refractivity contribution in [2.75, 3.05) is 27.2 Å². The summed E-state index contributed by atoms with van der Waals surface area (Å²) in [4.78, 5) is 29.2. The van der Waals surface area contributed by atoms with Gasteiger partial charge in [0.15, 0.2) is 0 Å². The van der Waals surface area contributed by atoms with Crippen LogP contribution in [0.1, 0.15) is 24.1 Å². The number of halogens is 1. The smallest absolute Gasteiger partial charge is 0.338 e. The second-order valence-electron chi connectivity index (χ2n) is 7.24. The van der Waals surface area contributed by atoms with Crippen molar-refractivity contribution in [2.45, 2.75) is 19.5 Å². The van der Waals surface area contributed by atoms with Gasteiger partial charge in [-0.3, -0.25) is 9.80 Å². The number of urea groups is 1. The van der Waals surface area contributed by atoms with E-state index in [1.54, 1.807) is 32.2 Å². The van der Waals surface area contributed by atoms with Crippen LogP contribution in [0.5, 0.6) is 0 Å². The molecular formula is C23H26ClN3O3. The van der Waals surface area contributed by atoms with Gasteiger partial charge in [-0.05, 0) is 37.2 Å². The number of rotatable bonds is 7. The quantitative estimate of drug-likeness (QED) is 0.679. The minimum atomic E-state index is -0.633. The van der Waals surface area contributed by atoms with E-state index in [0.29, 0.717) is 29.4 Å². The Labute approximate surface area is 182 Å². The summed E-state index contributed by atoms with van der Waals surface area (Å²) in [5.74, 6) is -0.447. The molecule has 6 nitrogen and oxygen atoms in total. The molecule has 0 aromatic heterocycles. The van der Waals surface area contributed by atoms with E-state index in [4.69, 9.17) is 16.3 Å². The molecule has 2 aromatic rings. The van der Waals surface area contributed by atoms with Gasteiger partial charge >= 0.3 is 12.0 Å². The van der Waals surface area contributed by atoms with E-state index in [2.05, 4.69) is 10.2 Å². The van der Waals surface area contributed by atoms with Crippen LogP contribution in [0.15, 0.2) is 65.9 Å². The highest BCUT2D eigenvalue weighted by Gasteiger charge is 2.37. The van der Waals surface area contributed by atoms with Gasteiger partial charge in [-0.2, -0.15) is 0 Å². The Balaban J connectivity index is 2.00. The first-order chi connectivity index (χ1) is 14.4. The standard InChI is InChI=1S/C23H26ClN3O3/c1-4-30-22(28)20-19(15-26(2)14-16-9-6-5-7-10-16)27(3)23(29)25-21(20)17-11-8-12-18(24)13-17/h5-13,21H,4,14-15H2,1-3H3,(H,25,29)/t21-/m1/s1.